The third-order valence-electron chi connectivity index (χ3n) is 6.87. The van der Waals surface area contributed by atoms with Crippen molar-refractivity contribution in [2.75, 3.05) is 0 Å². The van der Waals surface area contributed by atoms with Crippen molar-refractivity contribution in [2.45, 2.75) is 18.6 Å². The molecule has 37 heavy (non-hydrogen) atoms. The van der Waals surface area contributed by atoms with Crippen LogP contribution in [0.4, 0.5) is 0 Å². The van der Waals surface area contributed by atoms with Crippen LogP contribution >= 0.6 is 0 Å². The molecule has 5 heteroatoms. The Labute approximate surface area is 215 Å². The van der Waals surface area contributed by atoms with Crippen molar-refractivity contribution >= 4 is 27.5 Å². The molecule has 2 heterocycles. The van der Waals surface area contributed by atoms with E-state index in [4.69, 9.17) is 4.74 Å². The number of rotatable bonds is 7. The van der Waals surface area contributed by atoms with Crippen LogP contribution in [0, 0.1) is 0 Å². The lowest BCUT2D eigenvalue weighted by Crippen LogP contribution is -2.25. The molecular weight excluding hydrogens is 458 g/mol. The average molecular weight is 486 g/mol. The Kier molecular flexibility index (Phi) is 6.03. The van der Waals surface area contributed by atoms with Gasteiger partial charge in [-0.05, 0) is 33.7 Å². The highest BCUT2D eigenvalue weighted by atomic mass is 16.5. The monoisotopic (exact) mass is 485 g/mol. The largest absolute Gasteiger partial charge is 0.451 e. The number of fused-ring (bicyclic) bond motifs is 2. The summed E-state index contributed by atoms with van der Waals surface area (Å²) in [5, 5.41) is 4.35. The lowest BCUT2D eigenvalue weighted by molar-refractivity contribution is -0.151. The zero-order valence-electron chi connectivity index (χ0n) is 20.6. The van der Waals surface area contributed by atoms with Crippen molar-refractivity contribution in [3.63, 3.8) is 0 Å². The molecule has 0 amide bonds. The van der Waals surface area contributed by atoms with Gasteiger partial charge < -0.3 is 13.9 Å². The third kappa shape index (κ3) is 4.52. The van der Waals surface area contributed by atoms with Crippen LogP contribution in [0.25, 0.3) is 21.5 Å². The molecule has 0 saturated carbocycles. The van der Waals surface area contributed by atoms with Crippen LogP contribution in [0.15, 0.2) is 122 Å². The van der Waals surface area contributed by atoms with Crippen LogP contribution in [-0.4, -0.2) is 20.1 Å². The van der Waals surface area contributed by atoms with E-state index in [1.807, 2.05) is 83.3 Å². The molecule has 0 unspecified atom stereocenters. The molecule has 0 spiro atoms. The van der Waals surface area contributed by atoms with Gasteiger partial charge in [-0.3, -0.25) is 0 Å². The summed E-state index contributed by atoms with van der Waals surface area (Å²) in [5.41, 5.74) is 2.77. The molecule has 6 rings (SSSR count). The molecule has 0 aliphatic carbocycles. The maximum absolute atomic E-state index is 14.0. The van der Waals surface area contributed by atoms with E-state index in [1.54, 1.807) is 6.33 Å². The molecule has 0 saturated heterocycles. The number of hydrogen-bond acceptors (Lipinski definition) is 3. The topological polar surface area (TPSA) is 49.1 Å². The molecule has 0 bridgehead atoms. The summed E-state index contributed by atoms with van der Waals surface area (Å²) in [7, 11) is 1.93. The molecule has 2 aromatic heterocycles. The number of imidazole rings is 1. The second-order valence-corrected chi connectivity index (χ2v) is 9.33. The number of aromatic nitrogens is 3. The van der Waals surface area contributed by atoms with Gasteiger partial charge in [0.2, 0.25) is 0 Å². The number of aryl methyl sites for hydroxylation is 1. The smallest absolute Gasteiger partial charge is 0.330 e. The van der Waals surface area contributed by atoms with Gasteiger partial charge in [-0.1, -0.05) is 84.9 Å². The highest BCUT2D eigenvalue weighted by molar-refractivity contribution is 5.90. The first-order chi connectivity index (χ1) is 18.2. The van der Waals surface area contributed by atoms with Crippen molar-refractivity contribution < 1.29 is 9.53 Å². The summed E-state index contributed by atoms with van der Waals surface area (Å²) in [6.07, 6.45) is 7.36. The van der Waals surface area contributed by atoms with Crippen LogP contribution in [0.2, 0.25) is 0 Å². The second-order valence-electron chi connectivity index (χ2n) is 9.33. The molecule has 0 fully saturated rings. The van der Waals surface area contributed by atoms with Gasteiger partial charge in [-0.25, -0.2) is 9.78 Å². The molecule has 1 atom stereocenters. The Morgan fingerprint density at radius 2 is 1.35 bits per heavy atom. The predicted molar refractivity (Wildman–Crippen MR) is 146 cm³/mol. The molecule has 0 radical (unpaired) electrons. The Hall–Kier alpha value is -4.64. The van der Waals surface area contributed by atoms with Crippen LogP contribution in [0.3, 0.4) is 0 Å². The minimum atomic E-state index is -0.577. The van der Waals surface area contributed by atoms with Crippen molar-refractivity contribution in [3.05, 3.63) is 139 Å². The van der Waals surface area contributed by atoms with Crippen molar-refractivity contribution in [3.8, 4) is 0 Å². The normalized spacial score (nSPS) is 12.3. The predicted octanol–water partition coefficient (Wildman–Crippen LogP) is 6.64. The van der Waals surface area contributed by atoms with Crippen molar-refractivity contribution in [1.29, 1.82) is 0 Å². The highest BCUT2D eigenvalue weighted by Crippen LogP contribution is 2.36. The number of carbonyl (C=O) groups excluding carboxylic acids is 1. The van der Waals surface area contributed by atoms with Crippen molar-refractivity contribution in [1.82, 2.24) is 14.1 Å². The van der Waals surface area contributed by atoms with E-state index >= 15 is 0 Å². The Balaban J connectivity index is 1.47. The van der Waals surface area contributed by atoms with E-state index in [2.05, 4.69) is 53.5 Å². The quantitative estimate of drug-likeness (QED) is 0.238. The van der Waals surface area contributed by atoms with Gasteiger partial charge in [-0.15, -0.1) is 0 Å². The minimum Gasteiger partial charge on any atom is -0.451 e. The van der Waals surface area contributed by atoms with Gasteiger partial charge in [0.25, 0.3) is 0 Å². The zero-order valence-corrected chi connectivity index (χ0v) is 20.6. The van der Waals surface area contributed by atoms with Gasteiger partial charge in [0.15, 0.2) is 6.10 Å². The SMILES string of the molecule is Cn1cnc(C[C@@H](C(=O)OC(c2cccc3ccccc23)c2cccc3ccccc23)n2cccc2)c1. The first-order valence-electron chi connectivity index (χ1n) is 12.4. The van der Waals surface area contributed by atoms with E-state index in [9.17, 15) is 4.79 Å². The molecule has 0 aliphatic heterocycles. The van der Waals surface area contributed by atoms with E-state index in [1.165, 1.54) is 0 Å². The fourth-order valence-corrected chi connectivity index (χ4v) is 5.08. The first kappa shape index (κ1) is 22.8. The van der Waals surface area contributed by atoms with Crippen LogP contribution in [-0.2, 0) is 23.0 Å². The molecule has 6 aromatic rings. The van der Waals surface area contributed by atoms with Gasteiger partial charge in [0.05, 0.1) is 12.0 Å². The fourth-order valence-electron chi connectivity index (χ4n) is 5.08. The van der Waals surface area contributed by atoms with Gasteiger partial charge in [0.1, 0.15) is 6.04 Å². The fraction of sp³-hybridized carbons (Fsp3) is 0.125. The lowest BCUT2D eigenvalue weighted by atomic mass is 9.92. The Bertz CT molecular complexity index is 1590. The minimum absolute atomic E-state index is 0.298. The third-order valence-corrected chi connectivity index (χ3v) is 6.87. The highest BCUT2D eigenvalue weighted by Gasteiger charge is 2.29. The van der Waals surface area contributed by atoms with Gasteiger partial charge in [-0.2, -0.15) is 0 Å². The van der Waals surface area contributed by atoms with E-state index in [0.29, 0.717) is 6.42 Å². The number of ether oxygens (including phenoxy) is 1. The summed E-state index contributed by atoms with van der Waals surface area (Å²) in [5.74, 6) is -0.298. The van der Waals surface area contributed by atoms with E-state index in [-0.39, 0.29) is 5.97 Å². The van der Waals surface area contributed by atoms with E-state index < -0.39 is 12.1 Å². The maximum atomic E-state index is 14.0. The number of esters is 1. The standard InChI is InChI=1S/C32H27N3O2/c1-34-21-25(33-22-34)20-30(35-18-6-7-19-35)32(36)37-31(28-16-8-12-23-10-2-4-14-26(23)28)29-17-9-13-24-11-3-5-15-27(24)29/h2-19,21-22,30-31H,20H2,1H3/t30-/m0/s1. The molecule has 0 N–H and O–H groups in total. The summed E-state index contributed by atoms with van der Waals surface area (Å²) in [6, 6.07) is 32.1. The summed E-state index contributed by atoms with van der Waals surface area (Å²) >= 11 is 0. The summed E-state index contributed by atoms with van der Waals surface area (Å²) in [6.45, 7) is 0. The van der Waals surface area contributed by atoms with Crippen LogP contribution < -0.4 is 0 Å². The number of nitrogens with zero attached hydrogens (tertiary/aromatic N) is 3. The lowest BCUT2D eigenvalue weighted by Gasteiger charge is -2.25. The maximum Gasteiger partial charge on any atom is 0.330 e. The molecule has 4 aromatic carbocycles. The van der Waals surface area contributed by atoms with E-state index in [0.717, 1.165) is 38.4 Å². The number of benzene rings is 4. The number of carbonyl (C=O) groups is 1. The van der Waals surface area contributed by atoms with Crippen LogP contribution in [0.1, 0.15) is 29.0 Å². The van der Waals surface area contributed by atoms with Crippen LogP contribution in [0.5, 0.6) is 0 Å². The van der Waals surface area contributed by atoms with Gasteiger partial charge >= 0.3 is 5.97 Å². The number of hydrogen-bond donors (Lipinski definition) is 0. The van der Waals surface area contributed by atoms with Crippen molar-refractivity contribution in [2.24, 2.45) is 7.05 Å². The second kappa shape index (κ2) is 9.78. The summed E-state index contributed by atoms with van der Waals surface area (Å²) < 4.78 is 10.3. The summed E-state index contributed by atoms with van der Waals surface area (Å²) in [4.78, 5) is 18.5. The Morgan fingerprint density at radius 3 is 1.92 bits per heavy atom. The zero-order chi connectivity index (χ0) is 25.2. The molecule has 182 valence electrons. The molecule has 5 nitrogen and oxygen atoms in total. The average Bonchev–Trinajstić information content (AvgIpc) is 3.62. The van der Waals surface area contributed by atoms with Gasteiger partial charge in [0, 0.05) is 43.2 Å². The first-order valence-corrected chi connectivity index (χ1v) is 12.4. The Morgan fingerprint density at radius 1 is 0.784 bits per heavy atom. The molecule has 0 aliphatic rings. The molecular formula is C32H27N3O2.